The van der Waals surface area contributed by atoms with Gasteiger partial charge in [0.2, 0.25) is 0 Å². The van der Waals surface area contributed by atoms with Gasteiger partial charge in [0.15, 0.2) is 0 Å². The first-order chi connectivity index (χ1) is 11.0. The number of aromatic nitrogens is 1. The van der Waals surface area contributed by atoms with Crippen molar-refractivity contribution in [3.05, 3.63) is 41.4 Å². The molecular formula is C18H21NO3S. The molecule has 2 atom stereocenters. The normalized spacial score (nSPS) is 13.5. The minimum absolute atomic E-state index is 0.00763. The van der Waals surface area contributed by atoms with Gasteiger partial charge in [-0.25, -0.2) is 4.98 Å². The molecule has 23 heavy (non-hydrogen) atoms. The lowest BCUT2D eigenvalue weighted by atomic mass is 9.87. The first-order valence-electron chi connectivity index (χ1n) is 7.75. The van der Waals surface area contributed by atoms with Crippen LogP contribution >= 0.6 is 11.3 Å². The van der Waals surface area contributed by atoms with Gasteiger partial charge in [0.05, 0.1) is 11.6 Å². The quantitative estimate of drug-likeness (QED) is 0.792. The number of hydrogen-bond donors (Lipinski definition) is 1. The van der Waals surface area contributed by atoms with E-state index >= 15 is 0 Å². The van der Waals surface area contributed by atoms with Crippen LogP contribution in [0.15, 0.2) is 35.7 Å². The molecule has 2 aromatic rings. The summed E-state index contributed by atoms with van der Waals surface area (Å²) in [6.45, 7) is 3.82. The molecule has 0 radical (unpaired) electrons. The lowest BCUT2D eigenvalue weighted by molar-refractivity contribution is -0.145. The average Bonchev–Trinajstić information content (AvgIpc) is 3.01. The van der Waals surface area contributed by atoms with Crippen LogP contribution in [0.3, 0.4) is 0 Å². The van der Waals surface area contributed by atoms with Gasteiger partial charge < -0.3 is 5.11 Å². The first kappa shape index (κ1) is 17.3. The van der Waals surface area contributed by atoms with Crippen molar-refractivity contribution in [3.8, 4) is 10.6 Å². The summed E-state index contributed by atoms with van der Waals surface area (Å²) >= 11 is 1.50. The Morgan fingerprint density at radius 3 is 2.57 bits per heavy atom. The van der Waals surface area contributed by atoms with Crippen LogP contribution in [-0.2, 0) is 16.0 Å². The zero-order valence-corrected chi connectivity index (χ0v) is 14.2. The molecular weight excluding hydrogens is 310 g/mol. The van der Waals surface area contributed by atoms with Crippen LogP contribution in [0.5, 0.6) is 0 Å². The Hall–Kier alpha value is -2.01. The zero-order valence-electron chi connectivity index (χ0n) is 13.4. The summed E-state index contributed by atoms with van der Waals surface area (Å²) in [5, 5.41) is 12.0. The third-order valence-electron chi connectivity index (χ3n) is 4.05. The number of carboxylic acid groups (broad SMARTS) is 1. The number of carbonyl (C=O) groups is 2. The second-order valence-corrected chi connectivity index (χ2v) is 6.62. The molecule has 122 valence electrons. The summed E-state index contributed by atoms with van der Waals surface area (Å²) in [5.41, 5.74) is 1.74. The van der Waals surface area contributed by atoms with Gasteiger partial charge in [-0.05, 0) is 5.92 Å². The van der Waals surface area contributed by atoms with E-state index in [1.54, 1.807) is 0 Å². The number of thiazole rings is 1. The first-order valence-corrected chi connectivity index (χ1v) is 8.63. The van der Waals surface area contributed by atoms with Gasteiger partial charge in [0.1, 0.15) is 10.8 Å². The molecule has 1 aromatic heterocycles. The van der Waals surface area contributed by atoms with Crippen LogP contribution < -0.4 is 0 Å². The lowest BCUT2D eigenvalue weighted by Gasteiger charge is -2.17. The Balaban J connectivity index is 2.01. The molecule has 1 heterocycles. The fraction of sp³-hybridized carbons (Fsp3) is 0.389. The lowest BCUT2D eigenvalue weighted by Crippen LogP contribution is -2.25. The van der Waals surface area contributed by atoms with E-state index in [0.717, 1.165) is 17.0 Å². The molecule has 1 aromatic carbocycles. The molecule has 2 rings (SSSR count). The molecule has 0 aliphatic heterocycles. The molecule has 5 heteroatoms. The molecule has 0 unspecified atom stereocenters. The van der Waals surface area contributed by atoms with Crippen molar-refractivity contribution in [2.75, 3.05) is 0 Å². The van der Waals surface area contributed by atoms with Crippen molar-refractivity contribution in [1.82, 2.24) is 4.98 Å². The van der Waals surface area contributed by atoms with Crippen LogP contribution in [0.4, 0.5) is 0 Å². The highest BCUT2D eigenvalue weighted by atomic mass is 32.1. The van der Waals surface area contributed by atoms with Gasteiger partial charge in [-0.3, -0.25) is 9.59 Å². The fourth-order valence-electron chi connectivity index (χ4n) is 2.44. The zero-order chi connectivity index (χ0) is 16.8. The summed E-state index contributed by atoms with van der Waals surface area (Å²) < 4.78 is 0. The SMILES string of the molecule is CC[C@@H](C)[C@H](CC(=O)Cc1csc(-c2ccccc2)n1)C(=O)O. The Kier molecular flexibility index (Phi) is 6.04. The molecule has 0 amide bonds. The number of aliphatic carboxylic acids is 1. The van der Waals surface area contributed by atoms with E-state index in [9.17, 15) is 14.7 Å². The maximum absolute atomic E-state index is 12.2. The number of benzene rings is 1. The summed E-state index contributed by atoms with van der Waals surface area (Å²) in [6.07, 6.45) is 1.02. The summed E-state index contributed by atoms with van der Waals surface area (Å²) in [6, 6.07) is 9.81. The van der Waals surface area contributed by atoms with E-state index in [0.29, 0.717) is 5.69 Å². The van der Waals surface area contributed by atoms with E-state index in [1.165, 1.54) is 11.3 Å². The molecule has 0 spiro atoms. The molecule has 1 N–H and O–H groups in total. The second-order valence-electron chi connectivity index (χ2n) is 5.76. The van der Waals surface area contributed by atoms with Gasteiger partial charge >= 0.3 is 5.97 Å². The standard InChI is InChI=1S/C18H21NO3S/c1-3-12(2)16(18(21)22)10-15(20)9-14-11-23-17(19-14)13-7-5-4-6-8-13/h4-8,11-12,16H,3,9-10H2,1-2H3,(H,21,22)/t12-,16+/m1/s1. The molecule has 0 saturated carbocycles. The predicted octanol–water partition coefficient (Wildman–Crippen LogP) is 4.06. The van der Waals surface area contributed by atoms with Crippen LogP contribution in [0.1, 0.15) is 32.4 Å². The van der Waals surface area contributed by atoms with Crippen LogP contribution in [0.25, 0.3) is 10.6 Å². The number of rotatable bonds is 8. The number of Topliss-reactive ketones (excluding diaryl/α,β-unsaturated/α-hetero) is 1. The number of carboxylic acids is 1. The van der Waals surface area contributed by atoms with Gasteiger partial charge in [-0.2, -0.15) is 0 Å². The minimum atomic E-state index is -0.893. The highest BCUT2D eigenvalue weighted by Gasteiger charge is 2.26. The predicted molar refractivity (Wildman–Crippen MR) is 91.5 cm³/mol. The van der Waals surface area contributed by atoms with Crippen molar-refractivity contribution in [3.63, 3.8) is 0 Å². The monoisotopic (exact) mass is 331 g/mol. The van der Waals surface area contributed by atoms with Crippen LogP contribution in [0, 0.1) is 11.8 Å². The largest absolute Gasteiger partial charge is 0.481 e. The highest BCUT2D eigenvalue weighted by molar-refractivity contribution is 7.13. The summed E-state index contributed by atoms with van der Waals surface area (Å²) in [7, 11) is 0. The van der Waals surface area contributed by atoms with Crippen molar-refractivity contribution in [2.24, 2.45) is 11.8 Å². The van der Waals surface area contributed by atoms with Crippen LogP contribution in [-0.4, -0.2) is 21.8 Å². The minimum Gasteiger partial charge on any atom is -0.481 e. The maximum Gasteiger partial charge on any atom is 0.307 e. The highest BCUT2D eigenvalue weighted by Crippen LogP contribution is 2.25. The Bertz CT molecular complexity index is 666. The van der Waals surface area contributed by atoms with Gasteiger partial charge in [0.25, 0.3) is 0 Å². The van der Waals surface area contributed by atoms with Crippen LogP contribution in [0.2, 0.25) is 0 Å². The average molecular weight is 331 g/mol. The van der Waals surface area contributed by atoms with Gasteiger partial charge in [0, 0.05) is 23.8 Å². The van der Waals surface area contributed by atoms with E-state index in [1.807, 2.05) is 49.6 Å². The third-order valence-corrected chi connectivity index (χ3v) is 4.99. The molecule has 4 nitrogen and oxygen atoms in total. The summed E-state index contributed by atoms with van der Waals surface area (Å²) in [5.74, 6) is -1.58. The number of ketones is 1. The molecule has 0 bridgehead atoms. The number of hydrogen-bond acceptors (Lipinski definition) is 4. The second kappa shape index (κ2) is 8.02. The molecule has 0 aliphatic rings. The van der Waals surface area contributed by atoms with Gasteiger partial charge in [-0.15, -0.1) is 11.3 Å². The van der Waals surface area contributed by atoms with Crippen molar-refractivity contribution in [2.45, 2.75) is 33.1 Å². The maximum atomic E-state index is 12.2. The van der Waals surface area contributed by atoms with E-state index in [-0.39, 0.29) is 24.5 Å². The third kappa shape index (κ3) is 4.73. The van der Waals surface area contributed by atoms with E-state index < -0.39 is 11.9 Å². The van der Waals surface area contributed by atoms with E-state index in [2.05, 4.69) is 4.98 Å². The molecule has 0 fully saturated rings. The molecule has 0 saturated heterocycles. The molecule has 0 aliphatic carbocycles. The number of carbonyl (C=O) groups excluding carboxylic acids is 1. The van der Waals surface area contributed by atoms with Crippen molar-refractivity contribution in [1.29, 1.82) is 0 Å². The topological polar surface area (TPSA) is 67.3 Å². The van der Waals surface area contributed by atoms with Crippen molar-refractivity contribution >= 4 is 23.1 Å². The Morgan fingerprint density at radius 2 is 1.96 bits per heavy atom. The Morgan fingerprint density at radius 1 is 1.26 bits per heavy atom. The summed E-state index contributed by atoms with van der Waals surface area (Å²) in [4.78, 5) is 28.0. The number of nitrogens with zero attached hydrogens (tertiary/aromatic N) is 1. The fourth-order valence-corrected chi connectivity index (χ4v) is 3.26. The van der Waals surface area contributed by atoms with Crippen molar-refractivity contribution < 1.29 is 14.7 Å². The Labute approximate surface area is 140 Å². The smallest absolute Gasteiger partial charge is 0.307 e. The van der Waals surface area contributed by atoms with Gasteiger partial charge in [-0.1, -0.05) is 50.6 Å². The van der Waals surface area contributed by atoms with E-state index in [4.69, 9.17) is 0 Å².